The summed E-state index contributed by atoms with van der Waals surface area (Å²) < 4.78 is 16.9. The lowest BCUT2D eigenvalue weighted by Gasteiger charge is -2.30. The Morgan fingerprint density at radius 3 is 2.44 bits per heavy atom. The number of anilines is 1. The second-order valence-electron chi connectivity index (χ2n) is 7.64. The van der Waals surface area contributed by atoms with E-state index in [1.165, 1.54) is 23.1 Å². The minimum absolute atomic E-state index is 0.0503. The van der Waals surface area contributed by atoms with Gasteiger partial charge in [-0.15, -0.1) is 0 Å². The molecule has 1 aliphatic heterocycles. The average Bonchev–Trinajstić information content (AvgIpc) is 2.86. The maximum atomic E-state index is 12.8. The molecule has 1 atom stereocenters. The number of ether oxygens (including phenoxy) is 3. The van der Waals surface area contributed by atoms with Gasteiger partial charge >= 0.3 is 5.97 Å². The molecule has 10 heteroatoms. The van der Waals surface area contributed by atoms with Crippen LogP contribution in [0.25, 0.3) is 0 Å². The lowest BCUT2D eigenvalue weighted by Crippen LogP contribution is -2.45. The number of likely N-dealkylation sites (N-methyl/N-ethyl adjacent to an activating group) is 1. The Kier molecular flexibility index (Phi) is 8.29. The topological polar surface area (TPSA) is 111 Å². The van der Waals surface area contributed by atoms with Crippen LogP contribution in [0, 0.1) is 10.1 Å². The molecule has 1 heterocycles. The number of non-ortho nitro benzene ring substituents is 1. The summed E-state index contributed by atoms with van der Waals surface area (Å²) in [6.45, 7) is 7.31. The van der Waals surface area contributed by atoms with Gasteiger partial charge in [0.05, 0.1) is 22.7 Å². The second-order valence-corrected chi connectivity index (χ2v) is 7.64. The Balaban J connectivity index is 1.66. The smallest absolute Gasteiger partial charge is 0.341 e. The van der Waals surface area contributed by atoms with Gasteiger partial charge in [0.1, 0.15) is 6.61 Å². The Labute approximate surface area is 198 Å². The van der Waals surface area contributed by atoms with E-state index in [-0.39, 0.29) is 23.9 Å². The Morgan fingerprint density at radius 2 is 1.79 bits per heavy atom. The molecule has 1 unspecified atom stereocenters. The van der Waals surface area contributed by atoms with E-state index in [0.29, 0.717) is 43.4 Å². The largest absolute Gasteiger partial charge is 0.486 e. The first kappa shape index (κ1) is 24.8. The molecule has 2 aromatic rings. The van der Waals surface area contributed by atoms with Crippen molar-refractivity contribution < 1.29 is 28.7 Å². The highest BCUT2D eigenvalue weighted by Crippen LogP contribution is 2.31. The van der Waals surface area contributed by atoms with E-state index in [9.17, 15) is 19.7 Å². The first-order chi connectivity index (χ1) is 16.4. The van der Waals surface area contributed by atoms with Gasteiger partial charge in [-0.1, -0.05) is 12.1 Å². The van der Waals surface area contributed by atoms with Crippen LogP contribution >= 0.6 is 0 Å². The molecule has 0 aliphatic carbocycles. The van der Waals surface area contributed by atoms with Gasteiger partial charge in [-0.05, 0) is 39.0 Å². The number of hydrogen-bond donors (Lipinski definition) is 0. The quantitative estimate of drug-likeness (QED) is 0.295. The van der Waals surface area contributed by atoms with Gasteiger partial charge in [-0.25, -0.2) is 4.79 Å². The lowest BCUT2D eigenvalue weighted by molar-refractivity contribution is -0.384. The van der Waals surface area contributed by atoms with Gasteiger partial charge in [-0.2, -0.15) is 0 Å². The van der Waals surface area contributed by atoms with Crippen molar-refractivity contribution in [3.05, 3.63) is 58.1 Å². The van der Waals surface area contributed by atoms with Gasteiger partial charge in [0.2, 0.25) is 0 Å². The van der Waals surface area contributed by atoms with Crippen molar-refractivity contribution in [3.8, 4) is 11.5 Å². The molecule has 0 spiro atoms. The number of amides is 1. The van der Waals surface area contributed by atoms with Gasteiger partial charge in [0.25, 0.3) is 11.6 Å². The zero-order valence-corrected chi connectivity index (χ0v) is 19.6. The van der Waals surface area contributed by atoms with E-state index >= 15 is 0 Å². The maximum Gasteiger partial charge on any atom is 0.341 e. The molecule has 0 bridgehead atoms. The minimum atomic E-state index is -0.791. The number of benzene rings is 2. The number of nitro groups is 1. The van der Waals surface area contributed by atoms with Gasteiger partial charge < -0.3 is 24.0 Å². The summed E-state index contributed by atoms with van der Waals surface area (Å²) >= 11 is 0. The number of nitro benzene ring substituents is 1. The SMILES string of the molecule is CCN(CC1COc2ccccc2O1)C(=O)COC(=O)c1cc([N+](=O)[O-])ccc1N(CC)CC. The van der Waals surface area contributed by atoms with E-state index in [4.69, 9.17) is 14.2 Å². The van der Waals surface area contributed by atoms with Crippen molar-refractivity contribution in [2.75, 3.05) is 44.3 Å². The molecule has 0 fully saturated rings. The summed E-state index contributed by atoms with van der Waals surface area (Å²) in [5, 5.41) is 11.2. The number of esters is 1. The number of hydrogen-bond acceptors (Lipinski definition) is 8. The highest BCUT2D eigenvalue weighted by atomic mass is 16.6. The normalized spacial score (nSPS) is 14.3. The van der Waals surface area contributed by atoms with Gasteiger partial charge in [-0.3, -0.25) is 14.9 Å². The molecule has 0 radical (unpaired) electrons. The summed E-state index contributed by atoms with van der Waals surface area (Å²) in [5.41, 5.74) is 0.347. The fraction of sp³-hybridized carbons (Fsp3) is 0.417. The van der Waals surface area contributed by atoms with Crippen molar-refractivity contribution in [2.24, 2.45) is 0 Å². The fourth-order valence-corrected chi connectivity index (χ4v) is 3.74. The molecule has 3 rings (SSSR count). The average molecular weight is 472 g/mol. The number of carbonyl (C=O) groups is 2. The van der Waals surface area contributed by atoms with Crippen LogP contribution in [-0.2, 0) is 9.53 Å². The number of para-hydroxylation sites is 2. The Morgan fingerprint density at radius 1 is 1.09 bits per heavy atom. The van der Waals surface area contributed by atoms with Crippen molar-refractivity contribution in [3.63, 3.8) is 0 Å². The highest BCUT2D eigenvalue weighted by molar-refractivity contribution is 5.97. The molecule has 0 saturated heterocycles. The molecule has 34 heavy (non-hydrogen) atoms. The maximum absolute atomic E-state index is 12.8. The number of rotatable bonds is 10. The summed E-state index contributed by atoms with van der Waals surface area (Å²) in [6, 6.07) is 11.4. The molecular weight excluding hydrogens is 442 g/mol. The molecule has 1 amide bonds. The lowest BCUT2D eigenvalue weighted by atomic mass is 10.1. The van der Waals surface area contributed by atoms with E-state index in [0.717, 1.165) is 0 Å². The summed E-state index contributed by atoms with van der Waals surface area (Å²) in [7, 11) is 0. The zero-order chi connectivity index (χ0) is 24.7. The molecule has 0 aromatic heterocycles. The third kappa shape index (κ3) is 5.75. The minimum Gasteiger partial charge on any atom is -0.486 e. The molecule has 2 aromatic carbocycles. The van der Waals surface area contributed by atoms with E-state index < -0.39 is 23.4 Å². The Hall–Kier alpha value is -3.82. The number of fused-ring (bicyclic) bond motifs is 1. The van der Waals surface area contributed by atoms with Crippen molar-refractivity contribution in [2.45, 2.75) is 26.9 Å². The molecular formula is C24H29N3O7. The fourth-order valence-electron chi connectivity index (χ4n) is 3.74. The van der Waals surface area contributed by atoms with E-state index in [1.807, 2.05) is 43.9 Å². The molecule has 10 nitrogen and oxygen atoms in total. The van der Waals surface area contributed by atoms with Crippen LogP contribution in [0.1, 0.15) is 31.1 Å². The first-order valence-electron chi connectivity index (χ1n) is 11.2. The van der Waals surface area contributed by atoms with Crippen LogP contribution in [-0.4, -0.2) is 67.2 Å². The van der Waals surface area contributed by atoms with E-state index in [2.05, 4.69) is 0 Å². The monoisotopic (exact) mass is 471 g/mol. The molecule has 182 valence electrons. The van der Waals surface area contributed by atoms with Crippen molar-refractivity contribution in [1.29, 1.82) is 0 Å². The van der Waals surface area contributed by atoms with E-state index in [1.54, 1.807) is 6.07 Å². The summed E-state index contributed by atoms with van der Waals surface area (Å²) in [4.78, 5) is 39.7. The third-order valence-corrected chi connectivity index (χ3v) is 5.57. The Bertz CT molecular complexity index is 1040. The van der Waals surface area contributed by atoms with Gasteiger partial charge in [0, 0.05) is 31.8 Å². The summed E-state index contributed by atoms with van der Waals surface area (Å²) in [5.74, 6) is 0.0839. The number of carbonyl (C=O) groups excluding carboxylic acids is 2. The first-order valence-corrected chi connectivity index (χ1v) is 11.2. The second kappa shape index (κ2) is 11.4. The van der Waals surface area contributed by atoms with Gasteiger partial charge in [0.15, 0.2) is 24.2 Å². The predicted octanol–water partition coefficient (Wildman–Crippen LogP) is 3.29. The van der Waals surface area contributed by atoms with Crippen molar-refractivity contribution in [1.82, 2.24) is 4.90 Å². The molecule has 0 saturated carbocycles. The summed E-state index contributed by atoms with van der Waals surface area (Å²) in [6.07, 6.45) is -0.361. The van der Waals surface area contributed by atoms with Crippen LogP contribution in [0.15, 0.2) is 42.5 Å². The van der Waals surface area contributed by atoms with Crippen LogP contribution in [0.3, 0.4) is 0 Å². The third-order valence-electron chi connectivity index (χ3n) is 5.57. The van der Waals surface area contributed by atoms with Crippen LogP contribution in [0.4, 0.5) is 11.4 Å². The molecule has 1 aliphatic rings. The van der Waals surface area contributed by atoms with Crippen LogP contribution in [0.2, 0.25) is 0 Å². The van der Waals surface area contributed by atoms with Crippen molar-refractivity contribution >= 4 is 23.3 Å². The number of nitrogens with zero attached hydrogens (tertiary/aromatic N) is 3. The predicted molar refractivity (Wildman–Crippen MR) is 126 cm³/mol. The standard InChI is InChI=1S/C24H29N3O7/c1-4-25(5-2)20-12-11-17(27(30)31)13-19(20)24(29)33-16-23(28)26(6-3)14-18-15-32-21-9-7-8-10-22(21)34-18/h7-13,18H,4-6,14-16H2,1-3H3. The van der Waals surface area contributed by atoms with Crippen LogP contribution in [0.5, 0.6) is 11.5 Å². The highest BCUT2D eigenvalue weighted by Gasteiger charge is 2.26. The molecule has 0 N–H and O–H groups in total. The zero-order valence-electron chi connectivity index (χ0n) is 19.6. The van der Waals surface area contributed by atoms with Crippen LogP contribution < -0.4 is 14.4 Å².